The highest BCUT2D eigenvalue weighted by Crippen LogP contribution is 2.30. The minimum atomic E-state index is -0.314. The maximum atomic E-state index is 12.3. The standard InChI is InChI=1S/C17H16N2O4S/c1-9-4-5-15(24-9)12(20)8-16-18-11-7-14(23-3)13(22-2)6-10(11)17(21)19-16/h4-7H,8H2,1-3H3,(H,18,19,21). The highest BCUT2D eigenvalue weighted by atomic mass is 32.1. The number of nitrogens with one attached hydrogen (secondary N) is 1. The summed E-state index contributed by atoms with van der Waals surface area (Å²) in [5.41, 5.74) is 0.146. The number of rotatable bonds is 5. The summed E-state index contributed by atoms with van der Waals surface area (Å²) in [7, 11) is 3.02. The molecule has 3 aromatic rings. The van der Waals surface area contributed by atoms with Crippen LogP contribution in [-0.2, 0) is 6.42 Å². The normalized spacial score (nSPS) is 10.8. The SMILES string of the molecule is COc1cc2nc(CC(=O)c3ccc(C)s3)[nH]c(=O)c2cc1OC. The molecule has 0 bridgehead atoms. The lowest BCUT2D eigenvalue weighted by atomic mass is 10.2. The van der Waals surface area contributed by atoms with Crippen LogP contribution in [0.3, 0.4) is 0 Å². The Bertz CT molecular complexity index is 974. The first-order valence-corrected chi connectivity index (χ1v) is 8.08. The van der Waals surface area contributed by atoms with E-state index in [2.05, 4.69) is 9.97 Å². The highest BCUT2D eigenvalue weighted by Gasteiger charge is 2.14. The molecule has 0 unspecified atom stereocenters. The number of aromatic amines is 1. The molecular formula is C17H16N2O4S. The van der Waals surface area contributed by atoms with Crippen LogP contribution < -0.4 is 15.0 Å². The van der Waals surface area contributed by atoms with Crippen LogP contribution in [0.15, 0.2) is 29.1 Å². The summed E-state index contributed by atoms with van der Waals surface area (Å²) in [6.07, 6.45) is 0.0411. The number of carbonyl (C=O) groups is 1. The van der Waals surface area contributed by atoms with Crippen LogP contribution in [0.5, 0.6) is 11.5 Å². The van der Waals surface area contributed by atoms with Gasteiger partial charge in [-0.3, -0.25) is 9.59 Å². The van der Waals surface area contributed by atoms with E-state index in [0.29, 0.717) is 33.1 Å². The Morgan fingerprint density at radius 2 is 1.92 bits per heavy atom. The molecule has 2 heterocycles. The minimum Gasteiger partial charge on any atom is -0.493 e. The van der Waals surface area contributed by atoms with E-state index in [1.807, 2.05) is 13.0 Å². The number of carbonyl (C=O) groups excluding carboxylic acids is 1. The molecule has 7 heteroatoms. The van der Waals surface area contributed by atoms with Crippen LogP contribution >= 0.6 is 11.3 Å². The summed E-state index contributed by atoms with van der Waals surface area (Å²) in [6, 6.07) is 6.89. The number of hydrogen-bond donors (Lipinski definition) is 1. The number of ketones is 1. The van der Waals surface area contributed by atoms with Crippen molar-refractivity contribution < 1.29 is 14.3 Å². The van der Waals surface area contributed by atoms with E-state index in [9.17, 15) is 9.59 Å². The van der Waals surface area contributed by atoms with Crippen LogP contribution in [0.25, 0.3) is 10.9 Å². The summed E-state index contributed by atoms with van der Waals surface area (Å²) in [4.78, 5) is 33.4. The molecule has 0 aliphatic rings. The lowest BCUT2D eigenvalue weighted by Gasteiger charge is -2.09. The largest absolute Gasteiger partial charge is 0.493 e. The van der Waals surface area contributed by atoms with Crippen molar-refractivity contribution in [2.45, 2.75) is 13.3 Å². The molecule has 0 spiro atoms. The predicted octanol–water partition coefficient (Wildman–Crippen LogP) is 2.74. The first kappa shape index (κ1) is 16.2. The van der Waals surface area contributed by atoms with E-state index in [0.717, 1.165) is 4.88 Å². The molecular weight excluding hydrogens is 328 g/mol. The molecule has 124 valence electrons. The van der Waals surface area contributed by atoms with Crippen molar-refractivity contribution in [3.63, 3.8) is 0 Å². The van der Waals surface area contributed by atoms with E-state index in [1.54, 1.807) is 18.2 Å². The van der Waals surface area contributed by atoms with Crippen molar-refractivity contribution in [3.8, 4) is 11.5 Å². The van der Waals surface area contributed by atoms with Crippen molar-refractivity contribution in [3.05, 3.63) is 50.2 Å². The van der Waals surface area contributed by atoms with Gasteiger partial charge in [-0.2, -0.15) is 0 Å². The Balaban J connectivity index is 2.01. The third-order valence-electron chi connectivity index (χ3n) is 3.60. The number of aromatic nitrogens is 2. The number of benzene rings is 1. The van der Waals surface area contributed by atoms with Gasteiger partial charge in [0.15, 0.2) is 17.3 Å². The topological polar surface area (TPSA) is 81.3 Å². The smallest absolute Gasteiger partial charge is 0.258 e. The van der Waals surface area contributed by atoms with Crippen molar-refractivity contribution in [1.82, 2.24) is 9.97 Å². The number of methoxy groups -OCH3 is 2. The van der Waals surface area contributed by atoms with Gasteiger partial charge in [0, 0.05) is 10.9 Å². The Kier molecular flexibility index (Phi) is 4.35. The molecule has 0 aliphatic heterocycles. The number of Topliss-reactive ketones (excluding diaryl/α,β-unsaturated/α-hetero) is 1. The van der Waals surface area contributed by atoms with Crippen molar-refractivity contribution >= 4 is 28.0 Å². The number of ether oxygens (including phenoxy) is 2. The second-order valence-electron chi connectivity index (χ2n) is 5.25. The summed E-state index contributed by atoms with van der Waals surface area (Å²) >= 11 is 1.43. The number of thiophene rings is 1. The summed E-state index contributed by atoms with van der Waals surface area (Å²) in [5, 5.41) is 0.385. The zero-order valence-corrected chi connectivity index (χ0v) is 14.3. The fraction of sp³-hybridized carbons (Fsp3) is 0.235. The van der Waals surface area contributed by atoms with E-state index < -0.39 is 0 Å². The van der Waals surface area contributed by atoms with Gasteiger partial charge in [0.05, 0.1) is 36.4 Å². The van der Waals surface area contributed by atoms with Gasteiger partial charge < -0.3 is 14.5 Å². The molecule has 0 radical (unpaired) electrons. The zero-order valence-electron chi connectivity index (χ0n) is 13.5. The van der Waals surface area contributed by atoms with Crippen molar-refractivity contribution in [2.24, 2.45) is 0 Å². The van der Waals surface area contributed by atoms with Crippen LogP contribution in [-0.4, -0.2) is 30.0 Å². The van der Waals surface area contributed by atoms with Crippen molar-refractivity contribution in [2.75, 3.05) is 14.2 Å². The van der Waals surface area contributed by atoms with E-state index in [1.165, 1.54) is 25.6 Å². The maximum Gasteiger partial charge on any atom is 0.258 e. The lowest BCUT2D eigenvalue weighted by molar-refractivity contribution is 0.0994. The Hall–Kier alpha value is -2.67. The van der Waals surface area contributed by atoms with Crippen LogP contribution in [0, 0.1) is 6.92 Å². The summed E-state index contributed by atoms with van der Waals surface area (Å²) in [6.45, 7) is 1.94. The Labute approximate surface area is 142 Å². The van der Waals surface area contributed by atoms with Gasteiger partial charge >= 0.3 is 0 Å². The number of aryl methyl sites for hydroxylation is 1. The van der Waals surface area contributed by atoms with Gasteiger partial charge in [-0.1, -0.05) is 0 Å². The molecule has 0 amide bonds. The third-order valence-corrected chi connectivity index (χ3v) is 4.64. The number of fused-ring (bicyclic) bond motifs is 1. The number of H-pyrrole nitrogens is 1. The van der Waals surface area contributed by atoms with Crippen LogP contribution in [0.4, 0.5) is 0 Å². The minimum absolute atomic E-state index is 0.0411. The average Bonchev–Trinajstić information content (AvgIpc) is 3.00. The van der Waals surface area contributed by atoms with E-state index >= 15 is 0 Å². The molecule has 0 saturated heterocycles. The van der Waals surface area contributed by atoms with Gasteiger partial charge in [0.25, 0.3) is 5.56 Å². The van der Waals surface area contributed by atoms with Gasteiger partial charge in [0.2, 0.25) is 0 Å². The average molecular weight is 344 g/mol. The summed E-state index contributed by atoms with van der Waals surface area (Å²) in [5.74, 6) is 1.19. The van der Waals surface area contributed by atoms with Gasteiger partial charge in [-0.05, 0) is 25.1 Å². The summed E-state index contributed by atoms with van der Waals surface area (Å²) < 4.78 is 10.4. The van der Waals surface area contributed by atoms with E-state index in [4.69, 9.17) is 9.47 Å². The van der Waals surface area contributed by atoms with Gasteiger partial charge in [-0.15, -0.1) is 11.3 Å². The van der Waals surface area contributed by atoms with Crippen LogP contribution in [0.1, 0.15) is 20.4 Å². The molecule has 0 fully saturated rings. The van der Waals surface area contributed by atoms with Gasteiger partial charge in [-0.25, -0.2) is 4.98 Å². The number of hydrogen-bond acceptors (Lipinski definition) is 6. The monoisotopic (exact) mass is 344 g/mol. The fourth-order valence-corrected chi connectivity index (χ4v) is 3.23. The molecule has 1 N–H and O–H groups in total. The van der Waals surface area contributed by atoms with Crippen LogP contribution in [0.2, 0.25) is 0 Å². The molecule has 0 atom stereocenters. The zero-order chi connectivity index (χ0) is 17.3. The Morgan fingerprint density at radius 3 is 2.54 bits per heavy atom. The molecule has 1 aromatic carbocycles. The third kappa shape index (κ3) is 3.03. The lowest BCUT2D eigenvalue weighted by Crippen LogP contribution is -2.15. The molecule has 24 heavy (non-hydrogen) atoms. The first-order chi connectivity index (χ1) is 11.5. The Morgan fingerprint density at radius 1 is 1.21 bits per heavy atom. The first-order valence-electron chi connectivity index (χ1n) is 7.26. The predicted molar refractivity (Wildman–Crippen MR) is 92.6 cm³/mol. The molecule has 3 rings (SSSR count). The molecule has 6 nitrogen and oxygen atoms in total. The van der Waals surface area contributed by atoms with Crippen molar-refractivity contribution in [1.29, 1.82) is 0 Å². The van der Waals surface area contributed by atoms with E-state index in [-0.39, 0.29) is 17.8 Å². The van der Waals surface area contributed by atoms with Gasteiger partial charge in [0.1, 0.15) is 5.82 Å². The number of nitrogens with zero attached hydrogens (tertiary/aromatic N) is 1. The highest BCUT2D eigenvalue weighted by molar-refractivity contribution is 7.14. The fourth-order valence-electron chi connectivity index (χ4n) is 2.42. The molecule has 0 saturated carbocycles. The second-order valence-corrected chi connectivity index (χ2v) is 6.54. The quantitative estimate of drug-likeness (QED) is 0.720. The molecule has 2 aromatic heterocycles. The molecule has 0 aliphatic carbocycles. The second kappa shape index (κ2) is 6.45. The maximum absolute atomic E-state index is 12.3.